The zero-order valence-corrected chi connectivity index (χ0v) is 17.6. The van der Waals surface area contributed by atoms with Gasteiger partial charge in [0, 0.05) is 18.1 Å². The summed E-state index contributed by atoms with van der Waals surface area (Å²) in [5, 5.41) is 3.52. The molecule has 0 saturated heterocycles. The number of benzene rings is 2. The highest BCUT2D eigenvalue weighted by Gasteiger charge is 2.26. The minimum Gasteiger partial charge on any atom is -0.354 e. The average molecular weight is 401 g/mol. The van der Waals surface area contributed by atoms with Crippen LogP contribution in [0.25, 0.3) is 0 Å². The van der Waals surface area contributed by atoms with Crippen LogP contribution in [0, 0.1) is 6.92 Å². The lowest BCUT2D eigenvalue weighted by Gasteiger charge is -2.29. The van der Waals surface area contributed by atoms with E-state index in [1.54, 1.807) is 17.9 Å². The topological polar surface area (TPSA) is 49.4 Å². The Morgan fingerprint density at radius 3 is 2.57 bits per heavy atom. The third-order valence-corrected chi connectivity index (χ3v) is 5.10. The minimum absolute atomic E-state index is 0.0938. The molecule has 2 aromatic rings. The lowest BCUT2D eigenvalue weighted by molar-refractivity contribution is -0.140. The maximum atomic E-state index is 13.1. The molecule has 0 heterocycles. The first kappa shape index (κ1) is 22.0. The molecule has 2 aromatic carbocycles. The number of halogens is 1. The van der Waals surface area contributed by atoms with E-state index in [2.05, 4.69) is 12.2 Å². The molecule has 1 N–H and O–H groups in total. The van der Waals surface area contributed by atoms with E-state index < -0.39 is 6.04 Å². The van der Waals surface area contributed by atoms with Crippen LogP contribution in [0.1, 0.15) is 43.4 Å². The van der Waals surface area contributed by atoms with E-state index in [0.29, 0.717) is 18.1 Å². The number of nitrogens with one attached hydrogen (secondary N) is 1. The first-order valence-electron chi connectivity index (χ1n) is 9.78. The van der Waals surface area contributed by atoms with Crippen LogP contribution in [0.3, 0.4) is 0 Å². The summed E-state index contributed by atoms with van der Waals surface area (Å²) in [6.07, 6.45) is 2.17. The van der Waals surface area contributed by atoms with Crippen LogP contribution in [-0.2, 0) is 22.6 Å². The summed E-state index contributed by atoms with van der Waals surface area (Å²) in [5.74, 6) is -0.234. The van der Waals surface area contributed by atoms with E-state index in [-0.39, 0.29) is 18.2 Å². The standard InChI is InChI=1S/C23H29ClN2O2/c1-4-5-13-25-23(28)18(3)26(16-20-11-6-7-12-21(20)24)22(27)15-19-10-8-9-17(2)14-19/h6-12,14,18H,4-5,13,15-16H2,1-3H3,(H,25,28)/t18-/m0/s1. The maximum Gasteiger partial charge on any atom is 0.242 e. The number of unbranched alkanes of at least 4 members (excludes halogenated alkanes) is 1. The molecule has 0 saturated carbocycles. The Balaban J connectivity index is 2.20. The monoisotopic (exact) mass is 400 g/mol. The Morgan fingerprint density at radius 2 is 1.89 bits per heavy atom. The molecule has 0 spiro atoms. The summed E-state index contributed by atoms with van der Waals surface area (Å²) in [5.41, 5.74) is 2.87. The van der Waals surface area contributed by atoms with Gasteiger partial charge in [0.1, 0.15) is 6.04 Å². The smallest absolute Gasteiger partial charge is 0.242 e. The predicted octanol–water partition coefficient (Wildman–Crippen LogP) is 4.52. The Hall–Kier alpha value is -2.33. The highest BCUT2D eigenvalue weighted by molar-refractivity contribution is 6.31. The molecule has 5 heteroatoms. The quantitative estimate of drug-likeness (QED) is 0.629. The highest BCUT2D eigenvalue weighted by Crippen LogP contribution is 2.19. The van der Waals surface area contributed by atoms with E-state index in [1.165, 1.54) is 0 Å². The summed E-state index contributed by atoms with van der Waals surface area (Å²) in [4.78, 5) is 27.3. The first-order chi connectivity index (χ1) is 13.4. The fraction of sp³-hybridized carbons (Fsp3) is 0.391. The average Bonchev–Trinajstić information content (AvgIpc) is 2.67. The molecule has 28 heavy (non-hydrogen) atoms. The molecule has 4 nitrogen and oxygen atoms in total. The van der Waals surface area contributed by atoms with Crippen LogP contribution >= 0.6 is 11.6 Å². The molecule has 2 amide bonds. The molecule has 0 bridgehead atoms. The van der Waals surface area contributed by atoms with E-state index in [4.69, 9.17) is 11.6 Å². The van der Waals surface area contributed by atoms with E-state index in [9.17, 15) is 9.59 Å². The largest absolute Gasteiger partial charge is 0.354 e. The van der Waals surface area contributed by atoms with Crippen LogP contribution in [0.4, 0.5) is 0 Å². The number of carbonyl (C=O) groups is 2. The van der Waals surface area contributed by atoms with Crippen molar-refractivity contribution in [3.63, 3.8) is 0 Å². The second-order valence-corrected chi connectivity index (χ2v) is 7.51. The van der Waals surface area contributed by atoms with E-state index in [1.807, 2.05) is 49.4 Å². The molecule has 0 fully saturated rings. The molecular weight excluding hydrogens is 372 g/mol. The second kappa shape index (κ2) is 10.9. The van der Waals surface area contributed by atoms with Gasteiger partial charge in [0.15, 0.2) is 0 Å². The third-order valence-electron chi connectivity index (χ3n) is 4.73. The van der Waals surface area contributed by atoms with Crippen molar-refractivity contribution < 1.29 is 9.59 Å². The zero-order valence-electron chi connectivity index (χ0n) is 16.9. The van der Waals surface area contributed by atoms with Gasteiger partial charge in [-0.2, -0.15) is 0 Å². The minimum atomic E-state index is -0.578. The SMILES string of the molecule is CCCCNC(=O)[C@H](C)N(Cc1ccccc1Cl)C(=O)Cc1cccc(C)c1. The highest BCUT2D eigenvalue weighted by atomic mass is 35.5. The molecule has 150 valence electrons. The molecule has 0 aromatic heterocycles. The second-order valence-electron chi connectivity index (χ2n) is 7.10. The van der Waals surface area contributed by atoms with Crippen molar-refractivity contribution in [3.8, 4) is 0 Å². The molecule has 0 aliphatic carbocycles. The number of rotatable bonds is 9. The van der Waals surface area contributed by atoms with E-state index in [0.717, 1.165) is 29.5 Å². The van der Waals surface area contributed by atoms with Gasteiger partial charge in [0.2, 0.25) is 11.8 Å². The van der Waals surface area contributed by atoms with Crippen molar-refractivity contribution in [2.24, 2.45) is 0 Å². The van der Waals surface area contributed by atoms with Crippen molar-refractivity contribution in [3.05, 3.63) is 70.2 Å². The number of amides is 2. The Morgan fingerprint density at radius 1 is 1.14 bits per heavy atom. The normalized spacial score (nSPS) is 11.7. The zero-order chi connectivity index (χ0) is 20.5. The fourth-order valence-corrected chi connectivity index (χ4v) is 3.22. The molecule has 0 unspecified atom stereocenters. The van der Waals surface area contributed by atoms with Gasteiger partial charge in [-0.3, -0.25) is 9.59 Å². The van der Waals surface area contributed by atoms with Crippen LogP contribution in [0.15, 0.2) is 48.5 Å². The van der Waals surface area contributed by atoms with Gasteiger partial charge in [-0.1, -0.05) is 73.0 Å². The molecule has 1 atom stereocenters. The molecule has 0 aliphatic rings. The van der Waals surface area contributed by atoms with Gasteiger partial charge < -0.3 is 10.2 Å². The number of carbonyl (C=O) groups excluding carboxylic acids is 2. The molecule has 2 rings (SSSR count). The van der Waals surface area contributed by atoms with Crippen LogP contribution < -0.4 is 5.32 Å². The van der Waals surface area contributed by atoms with Crippen LogP contribution in [0.5, 0.6) is 0 Å². The van der Waals surface area contributed by atoms with Crippen molar-refractivity contribution in [1.29, 1.82) is 0 Å². The lowest BCUT2D eigenvalue weighted by Crippen LogP contribution is -2.48. The van der Waals surface area contributed by atoms with Crippen LogP contribution in [-0.4, -0.2) is 29.3 Å². The number of hydrogen-bond acceptors (Lipinski definition) is 2. The first-order valence-corrected chi connectivity index (χ1v) is 10.2. The summed E-state index contributed by atoms with van der Waals surface area (Å²) in [6.45, 7) is 6.76. The van der Waals surface area contributed by atoms with Crippen LogP contribution in [0.2, 0.25) is 5.02 Å². The summed E-state index contributed by atoms with van der Waals surface area (Å²) < 4.78 is 0. The maximum absolute atomic E-state index is 13.1. The molecule has 0 aliphatic heterocycles. The van der Waals surface area contributed by atoms with Crippen molar-refractivity contribution in [1.82, 2.24) is 10.2 Å². The summed E-state index contributed by atoms with van der Waals surface area (Å²) in [7, 11) is 0. The Kier molecular flexibility index (Phi) is 8.52. The Bertz CT molecular complexity index is 807. The lowest BCUT2D eigenvalue weighted by atomic mass is 10.1. The summed E-state index contributed by atoms with van der Waals surface area (Å²) in [6, 6.07) is 14.7. The molecule has 0 radical (unpaired) electrons. The number of aryl methyl sites for hydroxylation is 1. The third kappa shape index (κ3) is 6.38. The van der Waals surface area contributed by atoms with Gasteiger partial charge in [-0.15, -0.1) is 0 Å². The van der Waals surface area contributed by atoms with Crippen molar-refractivity contribution in [2.45, 2.75) is 52.6 Å². The van der Waals surface area contributed by atoms with Crippen molar-refractivity contribution in [2.75, 3.05) is 6.54 Å². The van der Waals surface area contributed by atoms with Gasteiger partial charge in [-0.05, 0) is 37.5 Å². The van der Waals surface area contributed by atoms with Gasteiger partial charge in [0.25, 0.3) is 0 Å². The van der Waals surface area contributed by atoms with Gasteiger partial charge >= 0.3 is 0 Å². The predicted molar refractivity (Wildman–Crippen MR) is 114 cm³/mol. The summed E-state index contributed by atoms with van der Waals surface area (Å²) >= 11 is 6.30. The number of hydrogen-bond donors (Lipinski definition) is 1. The fourth-order valence-electron chi connectivity index (χ4n) is 3.03. The molecular formula is C23H29ClN2O2. The Labute approximate surface area is 172 Å². The number of nitrogens with zero attached hydrogens (tertiary/aromatic N) is 1. The van der Waals surface area contributed by atoms with Gasteiger partial charge in [0.05, 0.1) is 6.42 Å². The van der Waals surface area contributed by atoms with E-state index >= 15 is 0 Å². The van der Waals surface area contributed by atoms with Crippen molar-refractivity contribution >= 4 is 23.4 Å². The van der Waals surface area contributed by atoms with Gasteiger partial charge in [-0.25, -0.2) is 0 Å².